The van der Waals surface area contributed by atoms with E-state index in [1.165, 1.54) is 0 Å². The summed E-state index contributed by atoms with van der Waals surface area (Å²) in [5.41, 5.74) is 0. The van der Waals surface area contributed by atoms with Crippen LogP contribution in [0.15, 0.2) is 24.3 Å². The molecule has 0 aromatic heterocycles. The molecule has 0 amide bonds. The van der Waals surface area contributed by atoms with Crippen LogP contribution in [0.2, 0.25) is 0 Å². The van der Waals surface area contributed by atoms with Crippen molar-refractivity contribution in [1.82, 2.24) is 0 Å². The Labute approximate surface area is 132 Å². The summed E-state index contributed by atoms with van der Waals surface area (Å²) in [4.78, 5) is 22.3. The third-order valence-electron chi connectivity index (χ3n) is 4.19. The molecule has 0 aliphatic heterocycles. The Morgan fingerprint density at radius 1 is 1.27 bits per heavy atom. The highest BCUT2D eigenvalue weighted by Gasteiger charge is 2.27. The fourth-order valence-electron chi connectivity index (χ4n) is 2.75. The lowest BCUT2D eigenvalue weighted by Crippen LogP contribution is -2.15. The lowest BCUT2D eigenvalue weighted by Gasteiger charge is -2.15. The Balaban J connectivity index is 2.23. The summed E-state index contributed by atoms with van der Waals surface area (Å²) >= 11 is 0. The van der Waals surface area contributed by atoms with Crippen molar-refractivity contribution in [2.45, 2.75) is 64.4 Å². The zero-order valence-electron chi connectivity index (χ0n) is 13.4. The quantitative estimate of drug-likeness (QED) is 0.452. The number of carbonyl (C=O) groups is 2. The van der Waals surface area contributed by atoms with Crippen molar-refractivity contribution in [2.75, 3.05) is 0 Å². The van der Waals surface area contributed by atoms with Gasteiger partial charge in [-0.1, -0.05) is 50.8 Å². The third-order valence-corrected chi connectivity index (χ3v) is 4.19. The second-order valence-corrected chi connectivity index (χ2v) is 6.01. The van der Waals surface area contributed by atoms with Gasteiger partial charge in [-0.15, -0.1) is 0 Å². The Morgan fingerprint density at radius 3 is 2.64 bits per heavy atom. The number of carbonyl (C=O) groups excluding carboxylic acids is 1. The first-order chi connectivity index (χ1) is 10.5. The lowest BCUT2D eigenvalue weighted by molar-refractivity contribution is -0.137. The molecule has 0 bridgehead atoms. The first-order valence-corrected chi connectivity index (χ1v) is 8.34. The topological polar surface area (TPSA) is 74.6 Å². The van der Waals surface area contributed by atoms with Crippen LogP contribution >= 0.6 is 0 Å². The lowest BCUT2D eigenvalue weighted by atomic mass is 9.88. The maximum Gasteiger partial charge on any atom is 0.303 e. The molecule has 4 heteroatoms. The van der Waals surface area contributed by atoms with Crippen LogP contribution in [0.4, 0.5) is 0 Å². The summed E-state index contributed by atoms with van der Waals surface area (Å²) in [6.07, 6.45) is 13.4. The van der Waals surface area contributed by atoms with Crippen LogP contribution in [0.3, 0.4) is 0 Å². The molecule has 0 saturated heterocycles. The number of aliphatic carboxylic acids is 1. The first kappa shape index (κ1) is 18.6. The van der Waals surface area contributed by atoms with E-state index < -0.39 is 12.1 Å². The van der Waals surface area contributed by atoms with Crippen LogP contribution < -0.4 is 0 Å². The largest absolute Gasteiger partial charge is 0.481 e. The zero-order valence-corrected chi connectivity index (χ0v) is 13.4. The number of ketones is 1. The summed E-state index contributed by atoms with van der Waals surface area (Å²) in [5, 5.41) is 18.1. The predicted molar refractivity (Wildman–Crippen MR) is 86.5 cm³/mol. The van der Waals surface area contributed by atoms with Crippen LogP contribution in [-0.4, -0.2) is 28.1 Å². The molecule has 124 valence electrons. The van der Waals surface area contributed by atoms with Gasteiger partial charge >= 0.3 is 5.97 Å². The van der Waals surface area contributed by atoms with E-state index in [1.807, 2.05) is 19.1 Å². The Hall–Kier alpha value is -1.42. The van der Waals surface area contributed by atoms with E-state index in [1.54, 1.807) is 12.2 Å². The van der Waals surface area contributed by atoms with E-state index in [0.29, 0.717) is 6.42 Å². The fourth-order valence-corrected chi connectivity index (χ4v) is 2.75. The molecule has 2 N–H and O–H groups in total. The van der Waals surface area contributed by atoms with Gasteiger partial charge in [0.15, 0.2) is 5.78 Å². The van der Waals surface area contributed by atoms with Crippen LogP contribution in [0.5, 0.6) is 0 Å². The van der Waals surface area contributed by atoms with E-state index in [-0.39, 0.29) is 24.0 Å². The Kier molecular flexibility index (Phi) is 8.75. The first-order valence-electron chi connectivity index (χ1n) is 8.34. The smallest absolute Gasteiger partial charge is 0.303 e. The third kappa shape index (κ3) is 7.03. The minimum atomic E-state index is -0.730. The molecule has 1 aliphatic carbocycles. The number of hydrogen-bond donors (Lipinski definition) is 2. The number of unbranched alkanes of at least 4 members (excludes halogenated alkanes) is 4. The summed E-state index contributed by atoms with van der Waals surface area (Å²) < 4.78 is 0. The standard InChI is InChI=1S/C18H28O4/c1-2-15(19)12-10-14-11-13-17(20)16(14)8-6-4-3-5-7-9-18(21)22/h10-16,19H,2-9H2,1H3,(H,21,22)/b12-10+/t14-,15-,16+/m0/s1. The molecule has 0 fully saturated rings. The van der Waals surface area contributed by atoms with Crippen LogP contribution in [0.25, 0.3) is 0 Å². The number of aliphatic hydroxyl groups is 1. The molecule has 0 aromatic carbocycles. The molecule has 0 radical (unpaired) electrons. The van der Waals surface area contributed by atoms with Crippen molar-refractivity contribution >= 4 is 11.8 Å². The molecule has 1 rings (SSSR count). The number of hydrogen-bond acceptors (Lipinski definition) is 3. The minimum Gasteiger partial charge on any atom is -0.481 e. The Morgan fingerprint density at radius 2 is 1.95 bits per heavy atom. The number of rotatable bonds is 11. The molecule has 0 spiro atoms. The molecule has 22 heavy (non-hydrogen) atoms. The summed E-state index contributed by atoms with van der Waals surface area (Å²) in [5.74, 6) is -0.418. The average molecular weight is 308 g/mol. The molecule has 0 aromatic rings. The van der Waals surface area contributed by atoms with E-state index >= 15 is 0 Å². The summed E-state index contributed by atoms with van der Waals surface area (Å²) in [6, 6.07) is 0. The molecule has 0 saturated carbocycles. The second-order valence-electron chi connectivity index (χ2n) is 6.01. The van der Waals surface area contributed by atoms with Crippen molar-refractivity contribution in [2.24, 2.45) is 11.8 Å². The molecule has 0 unspecified atom stereocenters. The molecule has 1 aliphatic rings. The van der Waals surface area contributed by atoms with Crippen molar-refractivity contribution in [3.8, 4) is 0 Å². The van der Waals surface area contributed by atoms with E-state index in [4.69, 9.17) is 5.11 Å². The van der Waals surface area contributed by atoms with Crippen LogP contribution in [-0.2, 0) is 9.59 Å². The number of carboxylic acid groups (broad SMARTS) is 1. The molecule has 3 atom stereocenters. The SMILES string of the molecule is CC[C@H](O)/C=C/[C@H]1C=CC(=O)[C@@H]1CCCCCCCC(=O)O. The average Bonchev–Trinajstić information content (AvgIpc) is 2.84. The molecule has 0 heterocycles. The highest BCUT2D eigenvalue weighted by atomic mass is 16.4. The van der Waals surface area contributed by atoms with Crippen molar-refractivity contribution in [1.29, 1.82) is 0 Å². The molecular formula is C18H28O4. The zero-order chi connectivity index (χ0) is 16.4. The van der Waals surface area contributed by atoms with Gasteiger partial charge in [-0.05, 0) is 25.3 Å². The van der Waals surface area contributed by atoms with Crippen LogP contribution in [0, 0.1) is 11.8 Å². The highest BCUT2D eigenvalue weighted by Crippen LogP contribution is 2.29. The monoisotopic (exact) mass is 308 g/mol. The van der Waals surface area contributed by atoms with Crippen LogP contribution in [0.1, 0.15) is 58.3 Å². The van der Waals surface area contributed by atoms with Crippen molar-refractivity contribution in [3.63, 3.8) is 0 Å². The maximum atomic E-state index is 11.9. The van der Waals surface area contributed by atoms with Gasteiger partial charge in [-0.2, -0.15) is 0 Å². The van der Waals surface area contributed by atoms with Gasteiger partial charge in [0.25, 0.3) is 0 Å². The van der Waals surface area contributed by atoms with Crippen molar-refractivity contribution in [3.05, 3.63) is 24.3 Å². The highest BCUT2D eigenvalue weighted by molar-refractivity contribution is 5.94. The normalized spacial score (nSPS) is 22.5. The van der Waals surface area contributed by atoms with Crippen molar-refractivity contribution < 1.29 is 19.8 Å². The number of carboxylic acids is 1. The van der Waals surface area contributed by atoms with Gasteiger partial charge in [0.1, 0.15) is 0 Å². The number of allylic oxidation sites excluding steroid dienone is 3. The molecular weight excluding hydrogens is 280 g/mol. The van der Waals surface area contributed by atoms with E-state index in [0.717, 1.165) is 38.5 Å². The van der Waals surface area contributed by atoms with Gasteiger partial charge in [-0.25, -0.2) is 0 Å². The van der Waals surface area contributed by atoms with Gasteiger partial charge in [0.2, 0.25) is 0 Å². The van der Waals surface area contributed by atoms with Gasteiger partial charge < -0.3 is 10.2 Å². The Bertz CT molecular complexity index is 411. The van der Waals surface area contributed by atoms with Gasteiger partial charge in [-0.3, -0.25) is 9.59 Å². The second kappa shape index (κ2) is 10.3. The fraction of sp³-hybridized carbons (Fsp3) is 0.667. The van der Waals surface area contributed by atoms with Gasteiger partial charge in [0, 0.05) is 18.3 Å². The predicted octanol–water partition coefficient (Wildman–Crippen LogP) is 3.50. The maximum absolute atomic E-state index is 11.9. The number of aliphatic hydroxyl groups excluding tert-OH is 1. The van der Waals surface area contributed by atoms with E-state index in [9.17, 15) is 14.7 Å². The van der Waals surface area contributed by atoms with E-state index in [2.05, 4.69) is 0 Å². The minimum absolute atomic E-state index is 0.0133. The summed E-state index contributed by atoms with van der Waals surface area (Å²) in [7, 11) is 0. The molecule has 4 nitrogen and oxygen atoms in total. The summed E-state index contributed by atoms with van der Waals surface area (Å²) in [6.45, 7) is 1.92. The van der Waals surface area contributed by atoms with Gasteiger partial charge in [0.05, 0.1) is 6.10 Å².